The lowest BCUT2D eigenvalue weighted by Crippen LogP contribution is -2.31. The molecule has 0 aliphatic carbocycles. The van der Waals surface area contributed by atoms with Gasteiger partial charge in [0.1, 0.15) is 0 Å². The minimum absolute atomic E-state index is 0.482. The summed E-state index contributed by atoms with van der Waals surface area (Å²) in [7, 11) is 2.38. The predicted octanol–water partition coefficient (Wildman–Crippen LogP) is 2.39. The van der Waals surface area contributed by atoms with Gasteiger partial charge in [0, 0.05) is 16.7 Å². The average molecular weight is 311 g/mol. The van der Waals surface area contributed by atoms with Gasteiger partial charge in [-0.3, -0.25) is 14.3 Å². The molecule has 0 radical (unpaired) electrons. The maximum atomic E-state index is 10.8. The zero-order valence-electron chi connectivity index (χ0n) is 8.41. The molecule has 2 amide bonds. The maximum Gasteiger partial charge on any atom is 0.319 e. The van der Waals surface area contributed by atoms with Crippen molar-refractivity contribution in [1.29, 1.82) is 0 Å². The first-order chi connectivity index (χ1) is 8.00. The van der Waals surface area contributed by atoms with Crippen LogP contribution in [-0.2, 0) is 15.3 Å². The van der Waals surface area contributed by atoms with Gasteiger partial charge < -0.3 is 5.73 Å². The van der Waals surface area contributed by atoms with Crippen molar-refractivity contribution in [2.45, 2.75) is 5.75 Å². The molecule has 8 heteroatoms. The normalized spacial score (nSPS) is 10.0. The SMILES string of the molecule is NC(=O)C(=O)NSSCc1ccc(Cl)c(Cl)c1. The van der Waals surface area contributed by atoms with Crippen LogP contribution in [-0.4, -0.2) is 11.8 Å². The highest BCUT2D eigenvalue weighted by Gasteiger charge is 2.07. The molecule has 4 nitrogen and oxygen atoms in total. The Bertz CT molecular complexity index is 443. The molecule has 0 heterocycles. The fourth-order valence-electron chi connectivity index (χ4n) is 0.845. The van der Waals surface area contributed by atoms with Gasteiger partial charge in [0.15, 0.2) is 0 Å². The van der Waals surface area contributed by atoms with Gasteiger partial charge in [0.25, 0.3) is 0 Å². The molecule has 0 bridgehead atoms. The quantitative estimate of drug-likeness (QED) is 0.388. The third kappa shape index (κ3) is 5.08. The van der Waals surface area contributed by atoms with Crippen LogP contribution in [0.25, 0.3) is 0 Å². The Morgan fingerprint density at radius 1 is 1.29 bits per heavy atom. The first kappa shape index (κ1) is 14.5. The van der Waals surface area contributed by atoms with E-state index in [9.17, 15) is 9.59 Å². The van der Waals surface area contributed by atoms with E-state index in [2.05, 4.69) is 4.72 Å². The van der Waals surface area contributed by atoms with Crippen LogP contribution in [0.5, 0.6) is 0 Å². The second kappa shape index (κ2) is 7.00. The average Bonchev–Trinajstić information content (AvgIpc) is 2.28. The molecule has 3 N–H and O–H groups in total. The van der Waals surface area contributed by atoms with Gasteiger partial charge in [-0.15, -0.1) is 0 Å². The number of nitrogens with one attached hydrogen (secondary N) is 1. The zero-order chi connectivity index (χ0) is 12.8. The third-order valence-electron chi connectivity index (χ3n) is 1.63. The Hall–Kier alpha value is -0.560. The summed E-state index contributed by atoms with van der Waals surface area (Å²) in [5, 5.41) is 0.978. The molecule has 0 aliphatic rings. The molecule has 0 fully saturated rings. The Morgan fingerprint density at radius 3 is 2.59 bits per heavy atom. The van der Waals surface area contributed by atoms with Crippen LogP contribution in [0.1, 0.15) is 5.56 Å². The second-order valence-corrected chi connectivity index (χ2v) is 5.81. The third-order valence-corrected chi connectivity index (χ3v) is 4.16. The number of rotatable bonds is 4. The van der Waals surface area contributed by atoms with Crippen LogP contribution >= 0.6 is 45.0 Å². The number of amides is 2. The molecule has 1 aromatic carbocycles. The molecule has 0 aliphatic heterocycles. The number of hydrogen-bond donors (Lipinski definition) is 2. The standard InChI is InChI=1S/C9H8Cl2N2O2S2/c10-6-2-1-5(3-7(6)11)4-16-17-13-9(15)8(12)14/h1-3H,4H2,(H2,12,14)(H,13,15). The summed E-state index contributed by atoms with van der Waals surface area (Å²) in [4.78, 5) is 21.2. The Kier molecular flexibility index (Phi) is 5.97. The first-order valence-corrected chi connectivity index (χ1v) is 7.40. The van der Waals surface area contributed by atoms with Gasteiger partial charge in [-0.1, -0.05) is 40.1 Å². The van der Waals surface area contributed by atoms with E-state index in [1.54, 1.807) is 12.1 Å². The zero-order valence-corrected chi connectivity index (χ0v) is 11.6. The van der Waals surface area contributed by atoms with Crippen molar-refractivity contribution >= 4 is 56.8 Å². The summed E-state index contributed by atoms with van der Waals surface area (Å²) in [6.45, 7) is 0. The molecule has 0 aromatic heterocycles. The Labute approximate surface area is 116 Å². The number of primary amides is 1. The molecular formula is C9H8Cl2N2O2S2. The number of halogens is 2. The molecule has 17 heavy (non-hydrogen) atoms. The monoisotopic (exact) mass is 310 g/mol. The smallest absolute Gasteiger partial charge is 0.319 e. The molecule has 0 saturated heterocycles. The maximum absolute atomic E-state index is 10.8. The summed E-state index contributed by atoms with van der Waals surface area (Å²) in [5.41, 5.74) is 5.72. The fourth-order valence-corrected chi connectivity index (χ4v) is 2.76. The Balaban J connectivity index is 2.34. The van der Waals surface area contributed by atoms with E-state index < -0.39 is 11.8 Å². The van der Waals surface area contributed by atoms with E-state index in [1.807, 2.05) is 6.07 Å². The highest BCUT2D eigenvalue weighted by atomic mass is 35.5. The van der Waals surface area contributed by atoms with E-state index in [0.29, 0.717) is 15.8 Å². The first-order valence-electron chi connectivity index (χ1n) is 4.33. The topological polar surface area (TPSA) is 72.2 Å². The van der Waals surface area contributed by atoms with Crippen molar-refractivity contribution in [3.8, 4) is 0 Å². The second-order valence-electron chi connectivity index (χ2n) is 2.89. The van der Waals surface area contributed by atoms with E-state index in [-0.39, 0.29) is 0 Å². The molecular weight excluding hydrogens is 303 g/mol. The molecule has 0 atom stereocenters. The van der Waals surface area contributed by atoms with Gasteiger partial charge in [-0.25, -0.2) is 0 Å². The van der Waals surface area contributed by atoms with Crippen LogP contribution in [0.2, 0.25) is 10.0 Å². The number of benzene rings is 1. The van der Waals surface area contributed by atoms with Gasteiger partial charge >= 0.3 is 11.8 Å². The summed E-state index contributed by atoms with van der Waals surface area (Å²) in [6.07, 6.45) is 0. The summed E-state index contributed by atoms with van der Waals surface area (Å²) in [5.74, 6) is -1.22. The van der Waals surface area contributed by atoms with Crippen molar-refractivity contribution in [2.24, 2.45) is 5.73 Å². The van der Waals surface area contributed by atoms with Gasteiger partial charge in [0.05, 0.1) is 10.0 Å². The highest BCUT2D eigenvalue weighted by molar-refractivity contribution is 8.75. The fraction of sp³-hybridized carbons (Fsp3) is 0.111. The van der Waals surface area contributed by atoms with Crippen molar-refractivity contribution in [1.82, 2.24) is 4.72 Å². The Morgan fingerprint density at radius 2 is 2.00 bits per heavy atom. The van der Waals surface area contributed by atoms with Gasteiger partial charge in [0.2, 0.25) is 0 Å². The molecule has 92 valence electrons. The van der Waals surface area contributed by atoms with Crippen LogP contribution in [0.15, 0.2) is 18.2 Å². The van der Waals surface area contributed by atoms with Crippen molar-refractivity contribution in [2.75, 3.05) is 0 Å². The van der Waals surface area contributed by atoms with Gasteiger partial charge in [-0.05, 0) is 17.7 Å². The largest absolute Gasteiger partial charge is 0.361 e. The highest BCUT2D eigenvalue weighted by Crippen LogP contribution is 2.27. The molecule has 0 saturated carbocycles. The molecule has 0 unspecified atom stereocenters. The number of hydrogen-bond acceptors (Lipinski definition) is 4. The summed E-state index contributed by atoms with van der Waals surface area (Å²) in [6, 6.07) is 5.28. The molecule has 1 rings (SSSR count). The van der Waals surface area contributed by atoms with E-state index in [1.165, 1.54) is 10.8 Å². The lowest BCUT2D eigenvalue weighted by Gasteiger charge is -2.03. The van der Waals surface area contributed by atoms with Crippen molar-refractivity contribution in [3.05, 3.63) is 33.8 Å². The number of nitrogens with two attached hydrogens (primary N) is 1. The van der Waals surface area contributed by atoms with E-state index >= 15 is 0 Å². The molecule has 0 spiro atoms. The predicted molar refractivity (Wildman–Crippen MR) is 72.7 cm³/mol. The van der Waals surface area contributed by atoms with Crippen molar-refractivity contribution < 1.29 is 9.59 Å². The minimum atomic E-state index is -1.01. The van der Waals surface area contributed by atoms with Crippen LogP contribution in [0, 0.1) is 0 Å². The lowest BCUT2D eigenvalue weighted by atomic mass is 10.2. The summed E-state index contributed by atoms with van der Waals surface area (Å²) < 4.78 is 2.29. The lowest BCUT2D eigenvalue weighted by molar-refractivity contribution is -0.136. The minimum Gasteiger partial charge on any atom is -0.361 e. The van der Waals surface area contributed by atoms with Crippen LogP contribution < -0.4 is 10.5 Å². The van der Waals surface area contributed by atoms with E-state index in [4.69, 9.17) is 28.9 Å². The van der Waals surface area contributed by atoms with Crippen LogP contribution in [0.3, 0.4) is 0 Å². The molecule has 1 aromatic rings. The van der Waals surface area contributed by atoms with Crippen molar-refractivity contribution in [3.63, 3.8) is 0 Å². The van der Waals surface area contributed by atoms with Gasteiger partial charge in [-0.2, -0.15) is 0 Å². The summed E-state index contributed by atoms with van der Waals surface area (Å²) >= 11 is 11.6. The number of carbonyl (C=O) groups excluding carboxylic acids is 2. The number of carbonyl (C=O) groups is 2. The van der Waals surface area contributed by atoms with E-state index in [0.717, 1.165) is 16.5 Å². The van der Waals surface area contributed by atoms with Crippen LogP contribution in [0.4, 0.5) is 0 Å².